The minimum absolute atomic E-state index is 0.0582. The van der Waals surface area contributed by atoms with Crippen molar-refractivity contribution in [3.8, 4) is 0 Å². The van der Waals surface area contributed by atoms with Crippen LogP contribution in [0.15, 0.2) is 18.2 Å². The zero-order valence-corrected chi connectivity index (χ0v) is 17.6. The van der Waals surface area contributed by atoms with Gasteiger partial charge < -0.3 is 10.6 Å². The van der Waals surface area contributed by atoms with Gasteiger partial charge in [-0.15, -0.1) is 0 Å². The van der Waals surface area contributed by atoms with Gasteiger partial charge in [-0.2, -0.15) is 35.1 Å². The van der Waals surface area contributed by atoms with E-state index in [1.807, 2.05) is 5.32 Å². The third-order valence-corrected chi connectivity index (χ3v) is 4.88. The first-order chi connectivity index (χ1) is 15.5. The number of anilines is 1. The first-order valence-corrected chi connectivity index (χ1v) is 9.72. The van der Waals surface area contributed by atoms with Crippen LogP contribution in [0.3, 0.4) is 0 Å². The van der Waals surface area contributed by atoms with E-state index in [0.717, 1.165) is 38.0 Å². The number of halogens is 9. The summed E-state index contributed by atoms with van der Waals surface area (Å²) < 4.78 is 107. The molecule has 34 heavy (non-hydrogen) atoms. The van der Waals surface area contributed by atoms with Crippen molar-refractivity contribution in [1.82, 2.24) is 15.3 Å². The molecular formula is C19H13ClF8N4O2. The highest BCUT2D eigenvalue weighted by atomic mass is 35.5. The van der Waals surface area contributed by atoms with Crippen LogP contribution in [0.5, 0.6) is 0 Å². The van der Waals surface area contributed by atoms with Crippen molar-refractivity contribution in [3.63, 3.8) is 0 Å². The van der Waals surface area contributed by atoms with Gasteiger partial charge in [0.1, 0.15) is 22.8 Å². The van der Waals surface area contributed by atoms with Gasteiger partial charge in [0, 0.05) is 11.7 Å². The molecule has 15 heteroatoms. The Bertz CT molecular complexity index is 1150. The van der Waals surface area contributed by atoms with Gasteiger partial charge in [-0.25, -0.2) is 9.97 Å². The Morgan fingerprint density at radius 2 is 1.62 bits per heavy atom. The normalized spacial score (nSPS) is 14.6. The van der Waals surface area contributed by atoms with Crippen LogP contribution in [0.1, 0.15) is 50.8 Å². The average Bonchev–Trinajstić information content (AvgIpc) is 3.50. The number of carbonyl (C=O) groups excluding carboxylic acids is 2. The second kappa shape index (κ2) is 8.64. The predicted molar refractivity (Wildman–Crippen MR) is 102 cm³/mol. The topological polar surface area (TPSA) is 84.0 Å². The second-order valence-electron chi connectivity index (χ2n) is 7.31. The molecule has 0 saturated heterocycles. The van der Waals surface area contributed by atoms with Crippen LogP contribution in [0.2, 0.25) is 5.02 Å². The maximum Gasteiger partial charge on any atom is 0.459 e. The van der Waals surface area contributed by atoms with Gasteiger partial charge in [0.25, 0.3) is 11.8 Å². The highest BCUT2D eigenvalue weighted by Crippen LogP contribution is 2.48. The summed E-state index contributed by atoms with van der Waals surface area (Å²) >= 11 is 5.94. The summed E-state index contributed by atoms with van der Waals surface area (Å²) in [6, 6.07) is 3.15. The molecule has 1 heterocycles. The van der Waals surface area contributed by atoms with Crippen molar-refractivity contribution in [1.29, 1.82) is 0 Å². The summed E-state index contributed by atoms with van der Waals surface area (Å²) in [7, 11) is 0. The molecule has 6 nitrogen and oxygen atoms in total. The highest BCUT2D eigenvalue weighted by molar-refractivity contribution is 6.34. The summed E-state index contributed by atoms with van der Waals surface area (Å²) in [5, 5.41) is 4.46. The molecule has 1 fully saturated rings. The van der Waals surface area contributed by atoms with E-state index in [1.165, 1.54) is 0 Å². The van der Waals surface area contributed by atoms with E-state index in [2.05, 4.69) is 15.3 Å². The van der Waals surface area contributed by atoms with Gasteiger partial charge in [0.05, 0.1) is 10.6 Å². The molecule has 1 aromatic heterocycles. The molecule has 2 aromatic rings. The summed E-state index contributed by atoms with van der Waals surface area (Å²) in [5.41, 5.74) is -7.53. The lowest BCUT2D eigenvalue weighted by Crippen LogP contribution is -2.38. The van der Waals surface area contributed by atoms with Gasteiger partial charge in [-0.1, -0.05) is 11.6 Å². The molecule has 1 aliphatic rings. The molecule has 184 valence electrons. The molecule has 0 atom stereocenters. The predicted octanol–water partition coefficient (Wildman–Crippen LogP) is 5.26. The Kier molecular flexibility index (Phi) is 6.50. The van der Waals surface area contributed by atoms with Crippen molar-refractivity contribution in [3.05, 3.63) is 51.6 Å². The van der Waals surface area contributed by atoms with Gasteiger partial charge >= 0.3 is 18.3 Å². The molecule has 3 rings (SSSR count). The summed E-state index contributed by atoms with van der Waals surface area (Å²) in [6.07, 6.45) is -10.8. The van der Waals surface area contributed by atoms with E-state index < -0.39 is 52.9 Å². The van der Waals surface area contributed by atoms with Crippen LogP contribution in [0.4, 0.5) is 40.8 Å². The minimum Gasteiger partial charge on any atom is -0.349 e. The fourth-order valence-electron chi connectivity index (χ4n) is 2.82. The lowest BCUT2D eigenvalue weighted by Gasteiger charge is -2.24. The van der Waals surface area contributed by atoms with Crippen LogP contribution < -0.4 is 10.6 Å². The Morgan fingerprint density at radius 1 is 1.00 bits per heavy atom. The Morgan fingerprint density at radius 3 is 2.15 bits per heavy atom. The van der Waals surface area contributed by atoms with Crippen molar-refractivity contribution in [2.45, 2.75) is 44.1 Å². The van der Waals surface area contributed by atoms with Crippen molar-refractivity contribution in [2.24, 2.45) is 0 Å². The number of nitrogens with one attached hydrogen (secondary N) is 2. The molecule has 0 unspecified atom stereocenters. The van der Waals surface area contributed by atoms with Crippen LogP contribution >= 0.6 is 11.6 Å². The smallest absolute Gasteiger partial charge is 0.349 e. The highest BCUT2D eigenvalue weighted by Gasteiger charge is 2.63. The molecule has 2 amide bonds. The molecule has 0 radical (unpaired) electrons. The second-order valence-corrected chi connectivity index (χ2v) is 7.72. The van der Waals surface area contributed by atoms with Crippen molar-refractivity contribution in [2.75, 3.05) is 5.32 Å². The van der Waals surface area contributed by atoms with E-state index >= 15 is 0 Å². The number of carbonyl (C=O) groups is 2. The quantitative estimate of drug-likeness (QED) is 0.531. The van der Waals surface area contributed by atoms with Crippen LogP contribution in [0.25, 0.3) is 0 Å². The van der Waals surface area contributed by atoms with E-state index in [0.29, 0.717) is 0 Å². The van der Waals surface area contributed by atoms with Crippen LogP contribution in [-0.4, -0.2) is 34.0 Å². The molecular weight excluding hydrogens is 504 g/mol. The third-order valence-electron chi connectivity index (χ3n) is 4.55. The largest absolute Gasteiger partial charge is 0.459 e. The molecule has 0 bridgehead atoms. The van der Waals surface area contributed by atoms with Crippen molar-refractivity contribution < 1.29 is 44.7 Å². The lowest BCUT2D eigenvalue weighted by atomic mass is 10.0. The number of hydrogen-bond acceptors (Lipinski definition) is 4. The fourth-order valence-corrected chi connectivity index (χ4v) is 3.03. The maximum atomic E-state index is 13.9. The van der Waals surface area contributed by atoms with Crippen molar-refractivity contribution >= 4 is 29.1 Å². The first kappa shape index (κ1) is 25.6. The third kappa shape index (κ3) is 5.21. The fraction of sp³-hybridized carbons (Fsp3) is 0.368. The van der Waals surface area contributed by atoms with E-state index in [4.69, 9.17) is 11.6 Å². The molecule has 1 aliphatic carbocycles. The number of amides is 2. The number of aromatic nitrogens is 2. The molecule has 0 aliphatic heterocycles. The Labute approximate surface area is 190 Å². The minimum atomic E-state index is -6.43. The number of rotatable bonds is 5. The first-order valence-electron chi connectivity index (χ1n) is 9.35. The van der Waals surface area contributed by atoms with Gasteiger partial charge in [-0.05, 0) is 38.0 Å². The lowest BCUT2D eigenvalue weighted by molar-refractivity contribution is -0.292. The molecule has 1 aromatic carbocycles. The van der Waals surface area contributed by atoms with E-state index in [-0.39, 0.29) is 22.3 Å². The van der Waals surface area contributed by atoms with Gasteiger partial charge in [-0.3, -0.25) is 9.59 Å². The van der Waals surface area contributed by atoms with E-state index in [1.54, 1.807) is 0 Å². The number of nitrogens with zero attached hydrogens (tertiary/aromatic N) is 2. The number of alkyl halides is 8. The SMILES string of the molecule is Cc1nc(C(=O)Nc2ccc(Cl)c(C(=O)NC3CC3)c2)c(C(F)(F)F)c(C(F)(F)C(F)(F)F)n1. The van der Waals surface area contributed by atoms with Gasteiger partial charge in [0.2, 0.25) is 0 Å². The number of benzene rings is 1. The van der Waals surface area contributed by atoms with Gasteiger partial charge in [0.15, 0.2) is 0 Å². The maximum absolute atomic E-state index is 13.9. The van der Waals surface area contributed by atoms with Crippen LogP contribution in [0, 0.1) is 6.92 Å². The van der Waals surface area contributed by atoms with Crippen LogP contribution in [-0.2, 0) is 12.1 Å². The Balaban J connectivity index is 2.05. The number of hydrogen-bond donors (Lipinski definition) is 2. The standard InChI is InChI=1S/C19H13ClF8N4O2/c1-7-29-13(12(18(23,24)25)14(30-7)17(21,22)19(26,27)28)16(34)32-9-4-5-11(20)10(6-9)15(33)31-8-2-3-8/h4-6,8H,2-3H2,1H3,(H,31,33)(H,32,34). The Hall–Kier alpha value is -3.03. The molecule has 0 spiro atoms. The zero-order chi connectivity index (χ0) is 25.6. The summed E-state index contributed by atoms with van der Waals surface area (Å²) in [4.78, 5) is 30.6. The summed E-state index contributed by atoms with van der Waals surface area (Å²) in [5.74, 6) is -9.36. The summed E-state index contributed by atoms with van der Waals surface area (Å²) in [6.45, 7) is 0.746. The molecule has 2 N–H and O–H groups in total. The zero-order valence-electron chi connectivity index (χ0n) is 16.8. The van der Waals surface area contributed by atoms with E-state index in [9.17, 15) is 44.7 Å². The average molecular weight is 517 g/mol. The number of aryl methyl sites for hydroxylation is 1. The monoisotopic (exact) mass is 516 g/mol. The molecule has 1 saturated carbocycles.